The standard InChI is InChI=1S/C15H22BrNO/c1-14(2,3)18-8-7-15(10-17-11-15)12-5-4-6-13(16)9-12/h4-6,9,17H,7-8,10-11H2,1-3H3. The third kappa shape index (κ3) is 3.34. The summed E-state index contributed by atoms with van der Waals surface area (Å²) in [5.41, 5.74) is 1.62. The van der Waals surface area contributed by atoms with Crippen molar-refractivity contribution in [2.24, 2.45) is 0 Å². The Kier molecular flexibility index (Phi) is 4.15. The van der Waals surface area contributed by atoms with E-state index >= 15 is 0 Å². The first-order valence-electron chi connectivity index (χ1n) is 6.52. The fourth-order valence-electron chi connectivity index (χ4n) is 2.32. The van der Waals surface area contributed by atoms with Gasteiger partial charge in [0, 0.05) is 29.6 Å². The molecule has 0 bridgehead atoms. The highest BCUT2D eigenvalue weighted by Crippen LogP contribution is 2.34. The Bertz CT molecular complexity index is 407. The molecular weight excluding hydrogens is 290 g/mol. The van der Waals surface area contributed by atoms with Crippen LogP contribution in [0.25, 0.3) is 0 Å². The summed E-state index contributed by atoms with van der Waals surface area (Å²) in [5, 5.41) is 3.40. The molecule has 3 heteroatoms. The van der Waals surface area contributed by atoms with Crippen molar-refractivity contribution in [1.82, 2.24) is 5.32 Å². The summed E-state index contributed by atoms with van der Waals surface area (Å²) < 4.78 is 7.03. The number of hydrogen-bond acceptors (Lipinski definition) is 2. The Balaban J connectivity index is 2.03. The van der Waals surface area contributed by atoms with Gasteiger partial charge in [-0.25, -0.2) is 0 Å². The molecule has 1 aliphatic heterocycles. The quantitative estimate of drug-likeness (QED) is 0.919. The zero-order chi connectivity index (χ0) is 13.2. The summed E-state index contributed by atoms with van der Waals surface area (Å²) in [5.74, 6) is 0. The second-order valence-corrected chi connectivity index (χ2v) is 7.02. The van der Waals surface area contributed by atoms with Gasteiger partial charge in [-0.3, -0.25) is 0 Å². The lowest BCUT2D eigenvalue weighted by Crippen LogP contribution is -2.57. The van der Waals surface area contributed by atoms with E-state index in [0.29, 0.717) is 0 Å². The first-order chi connectivity index (χ1) is 8.41. The smallest absolute Gasteiger partial charge is 0.0598 e. The van der Waals surface area contributed by atoms with Gasteiger partial charge in [-0.2, -0.15) is 0 Å². The maximum atomic E-state index is 5.87. The second kappa shape index (κ2) is 5.32. The lowest BCUT2D eigenvalue weighted by molar-refractivity contribution is -0.0156. The predicted molar refractivity (Wildman–Crippen MR) is 79.0 cm³/mol. The van der Waals surface area contributed by atoms with Crippen molar-refractivity contribution in [2.45, 2.75) is 38.2 Å². The normalized spacial score (nSPS) is 18.4. The van der Waals surface area contributed by atoms with E-state index in [1.165, 1.54) is 5.56 Å². The minimum absolute atomic E-state index is 0.0460. The van der Waals surface area contributed by atoms with Crippen molar-refractivity contribution in [2.75, 3.05) is 19.7 Å². The van der Waals surface area contributed by atoms with Crippen LogP contribution in [0.5, 0.6) is 0 Å². The number of rotatable bonds is 4. The summed E-state index contributed by atoms with van der Waals surface area (Å²) in [6, 6.07) is 8.65. The Labute approximate surface area is 118 Å². The first-order valence-corrected chi connectivity index (χ1v) is 7.31. The van der Waals surface area contributed by atoms with E-state index in [9.17, 15) is 0 Å². The van der Waals surface area contributed by atoms with Gasteiger partial charge >= 0.3 is 0 Å². The molecule has 0 aromatic heterocycles. The molecule has 0 radical (unpaired) electrons. The van der Waals surface area contributed by atoms with Gasteiger partial charge in [0.25, 0.3) is 0 Å². The first kappa shape index (κ1) is 14.0. The predicted octanol–water partition coefficient (Wildman–Crippen LogP) is 3.50. The summed E-state index contributed by atoms with van der Waals surface area (Å²) in [7, 11) is 0. The minimum Gasteiger partial charge on any atom is -0.376 e. The lowest BCUT2D eigenvalue weighted by atomic mass is 9.73. The van der Waals surface area contributed by atoms with Crippen molar-refractivity contribution in [3.63, 3.8) is 0 Å². The topological polar surface area (TPSA) is 21.3 Å². The molecule has 0 unspecified atom stereocenters. The van der Waals surface area contributed by atoms with Crippen LogP contribution >= 0.6 is 15.9 Å². The molecule has 1 aromatic rings. The average molecular weight is 312 g/mol. The molecule has 100 valence electrons. The largest absolute Gasteiger partial charge is 0.376 e. The number of benzene rings is 1. The lowest BCUT2D eigenvalue weighted by Gasteiger charge is -2.44. The molecule has 1 aromatic carbocycles. The van der Waals surface area contributed by atoms with E-state index in [4.69, 9.17) is 4.74 Å². The maximum absolute atomic E-state index is 5.87. The van der Waals surface area contributed by atoms with Crippen LogP contribution < -0.4 is 5.32 Å². The maximum Gasteiger partial charge on any atom is 0.0598 e. The fraction of sp³-hybridized carbons (Fsp3) is 0.600. The van der Waals surface area contributed by atoms with Gasteiger partial charge in [0.15, 0.2) is 0 Å². The van der Waals surface area contributed by atoms with Crippen LogP contribution in [0.15, 0.2) is 28.7 Å². The number of hydrogen-bond donors (Lipinski definition) is 1. The van der Waals surface area contributed by atoms with Gasteiger partial charge in [-0.15, -0.1) is 0 Å². The van der Waals surface area contributed by atoms with E-state index in [1.54, 1.807) is 0 Å². The van der Waals surface area contributed by atoms with Crippen LogP contribution in [0.3, 0.4) is 0 Å². The molecule has 1 aliphatic rings. The summed E-state index contributed by atoms with van der Waals surface area (Å²) in [6.45, 7) is 9.25. The van der Waals surface area contributed by atoms with Crippen molar-refractivity contribution in [3.05, 3.63) is 34.3 Å². The van der Waals surface area contributed by atoms with E-state index in [1.807, 2.05) is 0 Å². The molecule has 1 heterocycles. The Hall–Kier alpha value is -0.380. The van der Waals surface area contributed by atoms with Crippen molar-refractivity contribution < 1.29 is 4.74 Å². The molecule has 1 N–H and O–H groups in total. The molecule has 0 atom stereocenters. The van der Waals surface area contributed by atoms with Crippen LogP contribution in [-0.2, 0) is 10.2 Å². The van der Waals surface area contributed by atoms with E-state index in [2.05, 4.69) is 66.3 Å². The van der Waals surface area contributed by atoms with Gasteiger partial charge in [-0.05, 0) is 44.9 Å². The van der Waals surface area contributed by atoms with Gasteiger partial charge in [0.1, 0.15) is 0 Å². The van der Waals surface area contributed by atoms with E-state index in [-0.39, 0.29) is 11.0 Å². The van der Waals surface area contributed by atoms with Crippen LogP contribution in [0.2, 0.25) is 0 Å². The van der Waals surface area contributed by atoms with Crippen molar-refractivity contribution in [3.8, 4) is 0 Å². The fourth-order valence-corrected chi connectivity index (χ4v) is 2.72. The highest BCUT2D eigenvalue weighted by molar-refractivity contribution is 9.10. The molecular formula is C15H22BrNO. The SMILES string of the molecule is CC(C)(C)OCCC1(c2cccc(Br)c2)CNC1. The molecule has 0 aliphatic carbocycles. The monoisotopic (exact) mass is 311 g/mol. The van der Waals surface area contributed by atoms with E-state index in [0.717, 1.165) is 30.6 Å². The molecule has 0 amide bonds. The average Bonchev–Trinajstić information content (AvgIpc) is 2.20. The minimum atomic E-state index is -0.0460. The van der Waals surface area contributed by atoms with Gasteiger partial charge in [-0.1, -0.05) is 28.1 Å². The highest BCUT2D eigenvalue weighted by atomic mass is 79.9. The van der Waals surface area contributed by atoms with Gasteiger partial charge in [0.05, 0.1) is 5.60 Å². The molecule has 0 spiro atoms. The number of halogens is 1. The van der Waals surface area contributed by atoms with Crippen LogP contribution in [-0.4, -0.2) is 25.3 Å². The third-order valence-corrected chi connectivity index (χ3v) is 3.97. The van der Waals surface area contributed by atoms with Crippen LogP contribution in [0, 0.1) is 0 Å². The summed E-state index contributed by atoms with van der Waals surface area (Å²) in [4.78, 5) is 0. The third-order valence-electron chi connectivity index (χ3n) is 3.48. The number of ether oxygens (including phenoxy) is 1. The van der Waals surface area contributed by atoms with Crippen LogP contribution in [0.4, 0.5) is 0 Å². The molecule has 2 nitrogen and oxygen atoms in total. The summed E-state index contributed by atoms with van der Waals surface area (Å²) in [6.07, 6.45) is 1.08. The van der Waals surface area contributed by atoms with Crippen LogP contribution in [0.1, 0.15) is 32.8 Å². The van der Waals surface area contributed by atoms with Gasteiger partial charge < -0.3 is 10.1 Å². The molecule has 1 fully saturated rings. The number of nitrogens with one attached hydrogen (secondary N) is 1. The molecule has 18 heavy (non-hydrogen) atoms. The van der Waals surface area contributed by atoms with Crippen molar-refractivity contribution in [1.29, 1.82) is 0 Å². The molecule has 0 saturated carbocycles. The molecule has 1 saturated heterocycles. The highest BCUT2D eigenvalue weighted by Gasteiger charge is 2.38. The zero-order valence-electron chi connectivity index (χ0n) is 11.4. The Morgan fingerprint density at radius 2 is 2.06 bits per heavy atom. The molecule has 2 rings (SSSR count). The Morgan fingerprint density at radius 1 is 1.33 bits per heavy atom. The van der Waals surface area contributed by atoms with Crippen molar-refractivity contribution >= 4 is 15.9 Å². The summed E-state index contributed by atoms with van der Waals surface area (Å²) >= 11 is 3.56. The van der Waals surface area contributed by atoms with Gasteiger partial charge in [0.2, 0.25) is 0 Å². The second-order valence-electron chi connectivity index (χ2n) is 6.11. The van der Waals surface area contributed by atoms with E-state index < -0.39 is 0 Å². The zero-order valence-corrected chi connectivity index (χ0v) is 13.0. The Morgan fingerprint density at radius 3 is 2.56 bits per heavy atom.